The molecule has 10 N–H and O–H groups in total. The van der Waals surface area contributed by atoms with E-state index >= 15 is 0 Å². The van der Waals surface area contributed by atoms with Gasteiger partial charge in [-0.15, -0.1) is 0 Å². The average molecular weight is 881 g/mol. The van der Waals surface area contributed by atoms with E-state index in [1.54, 1.807) is 44.3 Å². The third kappa shape index (κ3) is 14.8. The number of nitrogens with two attached hydrogens (primary N) is 1. The normalized spacial score (nSPS) is 14.9. The van der Waals surface area contributed by atoms with Crippen LogP contribution in [-0.2, 0) is 52.8 Å². The summed E-state index contributed by atoms with van der Waals surface area (Å²) in [6.45, 7) is 8.74. The molecule has 64 heavy (non-hydrogen) atoms. The molecule has 0 saturated heterocycles. The van der Waals surface area contributed by atoms with Crippen LogP contribution in [0.1, 0.15) is 77.0 Å². The zero-order chi connectivity index (χ0) is 46.8. The molecule has 1 heterocycles. The van der Waals surface area contributed by atoms with Gasteiger partial charge < -0.3 is 47.7 Å². The van der Waals surface area contributed by atoms with E-state index in [2.05, 4.69) is 36.9 Å². The van der Waals surface area contributed by atoms with E-state index in [1.807, 2.05) is 74.5 Å². The molecule has 16 heteroatoms. The molecule has 344 valence electrons. The van der Waals surface area contributed by atoms with E-state index in [-0.39, 0.29) is 32.2 Å². The molecule has 0 aliphatic carbocycles. The van der Waals surface area contributed by atoms with Gasteiger partial charge >= 0.3 is 5.97 Å². The van der Waals surface area contributed by atoms with Gasteiger partial charge in [0.05, 0.1) is 0 Å². The minimum Gasteiger partial charge on any atom is -0.480 e. The third-order valence-corrected chi connectivity index (χ3v) is 11.5. The minimum atomic E-state index is -1.30. The number of fused-ring (bicyclic) bond motifs is 1. The number of aromatic nitrogens is 1. The fourth-order valence-corrected chi connectivity index (χ4v) is 7.38. The molecule has 0 saturated carbocycles. The zero-order valence-corrected chi connectivity index (χ0v) is 37.3. The van der Waals surface area contributed by atoms with Gasteiger partial charge in [-0.2, -0.15) is 0 Å². The quantitative estimate of drug-likeness (QED) is 0.0474. The topological polar surface area (TPSA) is 254 Å². The number of aromatic amines is 1. The lowest BCUT2D eigenvalue weighted by Crippen LogP contribution is -2.61. The Hall–Kier alpha value is -6.55. The van der Waals surface area contributed by atoms with Crippen LogP contribution < -0.4 is 37.6 Å². The van der Waals surface area contributed by atoms with Crippen molar-refractivity contribution < 1.29 is 38.7 Å². The lowest BCUT2D eigenvalue weighted by Gasteiger charge is -2.31. The highest BCUT2D eigenvalue weighted by Crippen LogP contribution is 2.20. The number of amides is 6. The predicted octanol–water partition coefficient (Wildman–Crippen LogP) is 3.04. The molecule has 0 fully saturated rings. The average Bonchev–Trinajstić information content (AvgIpc) is 3.70. The minimum absolute atomic E-state index is 0.00728. The number of benzene rings is 3. The Morgan fingerprint density at radius 2 is 1.03 bits per heavy atom. The Morgan fingerprint density at radius 1 is 0.578 bits per heavy atom. The van der Waals surface area contributed by atoms with Crippen LogP contribution in [0.3, 0.4) is 0 Å². The van der Waals surface area contributed by atoms with E-state index in [4.69, 9.17) is 5.73 Å². The van der Waals surface area contributed by atoms with Crippen LogP contribution in [0.2, 0.25) is 0 Å². The Balaban J connectivity index is 1.55. The van der Waals surface area contributed by atoms with Crippen molar-refractivity contribution in [2.24, 2.45) is 17.6 Å². The fraction of sp³-hybridized carbons (Fsp3) is 0.438. The first-order chi connectivity index (χ1) is 30.6. The first-order valence-corrected chi connectivity index (χ1v) is 22.0. The van der Waals surface area contributed by atoms with Crippen molar-refractivity contribution in [2.45, 2.75) is 116 Å². The van der Waals surface area contributed by atoms with E-state index in [9.17, 15) is 38.7 Å². The highest BCUT2D eigenvalue weighted by molar-refractivity contribution is 5.97. The molecule has 0 aliphatic rings. The molecular formula is C48H64N8O8. The van der Waals surface area contributed by atoms with Gasteiger partial charge in [-0.1, -0.05) is 119 Å². The second-order valence-electron chi connectivity index (χ2n) is 16.4. The molecule has 16 nitrogen and oxygen atoms in total. The number of nitrogens with one attached hydrogen (secondary N) is 7. The molecule has 4 aromatic rings. The number of carboxylic acids is 1. The highest BCUT2D eigenvalue weighted by Gasteiger charge is 2.36. The van der Waals surface area contributed by atoms with Crippen LogP contribution in [0.15, 0.2) is 91.1 Å². The van der Waals surface area contributed by atoms with Crippen molar-refractivity contribution in [3.8, 4) is 0 Å². The maximum atomic E-state index is 14.4. The summed E-state index contributed by atoms with van der Waals surface area (Å²) < 4.78 is 0. The second-order valence-corrected chi connectivity index (χ2v) is 16.4. The van der Waals surface area contributed by atoms with Crippen LogP contribution in [0.4, 0.5) is 0 Å². The van der Waals surface area contributed by atoms with Gasteiger partial charge in [-0.05, 0) is 54.0 Å². The number of aliphatic carboxylic acids is 1. The van der Waals surface area contributed by atoms with Crippen LogP contribution in [0.5, 0.6) is 0 Å². The number of carboxylic acid groups (broad SMARTS) is 1. The molecule has 3 aromatic carbocycles. The summed E-state index contributed by atoms with van der Waals surface area (Å²) >= 11 is 0. The molecule has 0 radical (unpaired) electrons. The predicted molar refractivity (Wildman–Crippen MR) is 244 cm³/mol. The fourth-order valence-electron chi connectivity index (χ4n) is 7.38. The Labute approximate surface area is 374 Å². The summed E-state index contributed by atoms with van der Waals surface area (Å²) in [7, 11) is 0. The van der Waals surface area contributed by atoms with Crippen molar-refractivity contribution in [2.75, 3.05) is 6.54 Å². The first-order valence-electron chi connectivity index (χ1n) is 22.0. The van der Waals surface area contributed by atoms with Crippen molar-refractivity contribution in [3.63, 3.8) is 0 Å². The Bertz CT molecular complexity index is 2180. The van der Waals surface area contributed by atoms with Crippen molar-refractivity contribution >= 4 is 52.3 Å². The summed E-state index contributed by atoms with van der Waals surface area (Å²) in [5, 5.41) is 27.5. The van der Waals surface area contributed by atoms with Crippen molar-refractivity contribution in [1.82, 2.24) is 36.9 Å². The van der Waals surface area contributed by atoms with E-state index in [0.29, 0.717) is 30.4 Å². The van der Waals surface area contributed by atoms with Gasteiger partial charge in [0, 0.05) is 43.3 Å². The molecule has 0 unspecified atom stereocenters. The molecule has 1 aromatic heterocycles. The molecule has 0 aliphatic heterocycles. The number of hydrogen-bond acceptors (Lipinski definition) is 8. The summed E-state index contributed by atoms with van der Waals surface area (Å²) in [6, 6.07) is 18.5. The largest absolute Gasteiger partial charge is 0.480 e. The number of carbonyl (C=O) groups is 7. The van der Waals surface area contributed by atoms with Crippen molar-refractivity contribution in [1.29, 1.82) is 0 Å². The molecule has 0 spiro atoms. The van der Waals surface area contributed by atoms with Gasteiger partial charge in [0.25, 0.3) is 0 Å². The monoisotopic (exact) mass is 880 g/mol. The van der Waals surface area contributed by atoms with Gasteiger partial charge in [-0.25, -0.2) is 4.79 Å². The standard InChI is InChI=1S/C48H64N8O8/c1-6-29(3)41(46(61)54-40(48(63)64)27-34-28-50-36-22-15-14-21-35(34)36)56-47(62)42(30(4)7-2)55-45(60)39(26-33-19-12-9-13-20-33)53-43(58)37(23-16-24-49)52-44(59)38(51-31(5)57)25-32-17-10-8-11-18-32/h8-15,17-22,28-30,37-42,50H,6-7,16,23-27,49H2,1-5H3,(H,51,57)(H,52,59)(H,53,58)(H,54,61)(H,55,60)(H,56,62)(H,63,64)/t29-,30-,37-,38+,39+,40-,41-,42-/m0/s1. The second kappa shape index (κ2) is 24.9. The summed E-state index contributed by atoms with van der Waals surface area (Å²) in [4.78, 5) is 98.1. The third-order valence-electron chi connectivity index (χ3n) is 11.5. The van der Waals surface area contributed by atoms with Gasteiger partial charge in [0.15, 0.2) is 0 Å². The number of para-hydroxylation sites is 1. The number of rotatable bonds is 25. The van der Waals surface area contributed by atoms with Crippen LogP contribution >= 0.6 is 0 Å². The van der Waals surface area contributed by atoms with E-state index < -0.39 is 89.5 Å². The molecule has 0 bridgehead atoms. The zero-order valence-electron chi connectivity index (χ0n) is 37.3. The maximum Gasteiger partial charge on any atom is 0.326 e. The van der Waals surface area contributed by atoms with Gasteiger partial charge in [0.1, 0.15) is 36.3 Å². The first kappa shape index (κ1) is 50.1. The Morgan fingerprint density at radius 3 is 1.56 bits per heavy atom. The summed E-state index contributed by atoms with van der Waals surface area (Å²) in [6.07, 6.45) is 3.30. The van der Waals surface area contributed by atoms with Crippen molar-refractivity contribution in [3.05, 3.63) is 108 Å². The maximum absolute atomic E-state index is 14.4. The molecule has 4 rings (SSSR count). The van der Waals surface area contributed by atoms with Crippen LogP contribution in [-0.4, -0.2) is 94.3 Å². The number of carbonyl (C=O) groups excluding carboxylic acids is 6. The Kier molecular flexibility index (Phi) is 19.5. The highest BCUT2D eigenvalue weighted by atomic mass is 16.4. The summed E-state index contributed by atoms with van der Waals surface area (Å²) in [5.74, 6) is -5.84. The van der Waals surface area contributed by atoms with Crippen LogP contribution in [0, 0.1) is 11.8 Å². The molecular weight excluding hydrogens is 817 g/mol. The van der Waals surface area contributed by atoms with E-state index in [0.717, 1.165) is 16.5 Å². The van der Waals surface area contributed by atoms with Gasteiger partial charge in [-0.3, -0.25) is 28.8 Å². The number of H-pyrrole nitrogens is 1. The smallest absolute Gasteiger partial charge is 0.326 e. The lowest BCUT2D eigenvalue weighted by atomic mass is 9.94. The summed E-state index contributed by atoms with van der Waals surface area (Å²) in [5.41, 5.74) is 8.85. The molecule has 8 atom stereocenters. The van der Waals surface area contributed by atoms with E-state index in [1.165, 1.54) is 6.92 Å². The number of hydrogen-bond donors (Lipinski definition) is 9. The molecule has 6 amide bonds. The SMILES string of the molecule is CC[C@H](C)[C@H](NC(=O)[C@@H](NC(=O)[C@@H](Cc1ccccc1)NC(=O)[C@H](CCCN)NC(=O)[C@@H](Cc1ccccc1)NC(C)=O)[C@@H](C)CC)C(=O)N[C@@H](Cc1c[nH]c2ccccc12)C(=O)O. The van der Waals surface area contributed by atoms with Crippen LogP contribution in [0.25, 0.3) is 10.9 Å². The van der Waals surface area contributed by atoms with Gasteiger partial charge in [0.2, 0.25) is 35.4 Å². The lowest BCUT2D eigenvalue weighted by molar-refractivity contribution is -0.142.